The monoisotopic (exact) mass is 297 g/mol. The predicted molar refractivity (Wildman–Crippen MR) is 73.5 cm³/mol. The molecule has 1 saturated carbocycles. The predicted octanol–water partition coefficient (Wildman–Crippen LogP) is 2.21. The molecule has 2 amide bonds. The van der Waals surface area contributed by atoms with Crippen molar-refractivity contribution in [1.82, 2.24) is 4.90 Å². The first kappa shape index (κ1) is 14.8. The Labute approximate surface area is 124 Å². The highest BCUT2D eigenvalue weighted by atomic mass is 16.7. The average Bonchev–Trinajstić information content (AvgIpc) is 2.77. The maximum atomic E-state index is 11.8. The van der Waals surface area contributed by atoms with Crippen LogP contribution in [0.4, 0.5) is 4.79 Å². The average molecular weight is 297 g/mol. The van der Waals surface area contributed by atoms with Gasteiger partial charge in [-0.3, -0.25) is 4.79 Å². The normalized spacial score (nSPS) is 37.2. The molecule has 6 heteroatoms. The third-order valence-corrected chi connectivity index (χ3v) is 4.64. The largest absolute Gasteiger partial charge is 0.441 e. The van der Waals surface area contributed by atoms with Gasteiger partial charge in [-0.25, -0.2) is 9.69 Å². The third kappa shape index (κ3) is 2.92. The molecular formula is C15H23NO5. The van der Waals surface area contributed by atoms with Crippen molar-refractivity contribution in [3.8, 4) is 0 Å². The first-order valence-electron chi connectivity index (χ1n) is 7.87. The molecule has 0 aromatic heterocycles. The maximum Gasteiger partial charge on any atom is 0.417 e. The van der Waals surface area contributed by atoms with E-state index < -0.39 is 6.09 Å². The Morgan fingerprint density at radius 3 is 2.67 bits per heavy atom. The smallest absolute Gasteiger partial charge is 0.417 e. The Morgan fingerprint density at radius 1 is 1.29 bits per heavy atom. The van der Waals surface area contributed by atoms with Crippen LogP contribution >= 0.6 is 0 Å². The second kappa shape index (κ2) is 5.93. The van der Waals surface area contributed by atoms with E-state index in [1.165, 1.54) is 31.1 Å². The first-order valence-corrected chi connectivity index (χ1v) is 7.87. The molecule has 3 aliphatic rings. The highest BCUT2D eigenvalue weighted by Crippen LogP contribution is 2.34. The number of hydrogen-bond acceptors (Lipinski definition) is 5. The quantitative estimate of drug-likeness (QED) is 0.782. The van der Waals surface area contributed by atoms with Gasteiger partial charge < -0.3 is 14.2 Å². The Morgan fingerprint density at radius 2 is 2.00 bits per heavy atom. The lowest BCUT2D eigenvalue weighted by Crippen LogP contribution is -2.52. The van der Waals surface area contributed by atoms with Gasteiger partial charge >= 0.3 is 6.09 Å². The Bertz CT molecular complexity index is 420. The van der Waals surface area contributed by atoms with Crippen molar-refractivity contribution in [2.45, 2.75) is 83.0 Å². The zero-order valence-corrected chi connectivity index (χ0v) is 12.6. The van der Waals surface area contributed by atoms with Gasteiger partial charge in [-0.1, -0.05) is 19.3 Å². The van der Waals surface area contributed by atoms with Gasteiger partial charge in [0.2, 0.25) is 5.91 Å². The molecule has 0 bridgehead atoms. The van der Waals surface area contributed by atoms with Gasteiger partial charge in [0.25, 0.3) is 0 Å². The van der Waals surface area contributed by atoms with E-state index in [2.05, 4.69) is 0 Å². The number of fused-ring (bicyclic) bond motifs is 1. The lowest BCUT2D eigenvalue weighted by molar-refractivity contribution is -0.239. The summed E-state index contributed by atoms with van der Waals surface area (Å²) in [5.41, 5.74) is 0. The molecule has 21 heavy (non-hydrogen) atoms. The van der Waals surface area contributed by atoms with E-state index in [1.54, 1.807) is 0 Å². The van der Waals surface area contributed by atoms with Crippen molar-refractivity contribution in [3.05, 3.63) is 0 Å². The fourth-order valence-corrected chi connectivity index (χ4v) is 3.62. The summed E-state index contributed by atoms with van der Waals surface area (Å²) in [6.45, 7) is 3.26. The van der Waals surface area contributed by atoms with E-state index >= 15 is 0 Å². The zero-order chi connectivity index (χ0) is 15.0. The van der Waals surface area contributed by atoms with Gasteiger partial charge in [0, 0.05) is 13.3 Å². The molecule has 3 rings (SSSR count). The number of ether oxygens (including phenoxy) is 3. The summed E-state index contributed by atoms with van der Waals surface area (Å²) in [6, 6.07) is -0.271. The molecule has 0 N–H and O–H groups in total. The van der Waals surface area contributed by atoms with Crippen LogP contribution in [0.3, 0.4) is 0 Å². The molecule has 2 aliphatic heterocycles. The standard InChI is InChI=1S/C15H23NO5/c1-9-14-12(16(10(2)17)15(18)21-14)8-13(19-9)20-11-6-4-3-5-7-11/h9,11-14H,3-8H2,1-2H3/t9-,12+,13+,14-/m0/s1. The fourth-order valence-electron chi connectivity index (χ4n) is 3.62. The van der Waals surface area contributed by atoms with Gasteiger partial charge in [-0.05, 0) is 19.8 Å². The summed E-state index contributed by atoms with van der Waals surface area (Å²) in [7, 11) is 0. The van der Waals surface area contributed by atoms with Crippen molar-refractivity contribution < 1.29 is 23.8 Å². The second-order valence-corrected chi connectivity index (χ2v) is 6.21. The van der Waals surface area contributed by atoms with Crippen LogP contribution in [0.2, 0.25) is 0 Å². The highest BCUT2D eigenvalue weighted by Gasteiger charge is 2.51. The van der Waals surface area contributed by atoms with Crippen LogP contribution in [0.1, 0.15) is 52.4 Å². The molecule has 6 nitrogen and oxygen atoms in total. The number of amides is 2. The van der Waals surface area contributed by atoms with E-state index in [-0.39, 0.29) is 36.6 Å². The van der Waals surface area contributed by atoms with E-state index in [0.717, 1.165) is 12.8 Å². The topological polar surface area (TPSA) is 65.1 Å². The van der Waals surface area contributed by atoms with Crippen LogP contribution in [-0.4, -0.2) is 47.5 Å². The number of imide groups is 1. The van der Waals surface area contributed by atoms with Crippen LogP contribution < -0.4 is 0 Å². The van der Waals surface area contributed by atoms with Crippen LogP contribution in [0, 0.1) is 0 Å². The summed E-state index contributed by atoms with van der Waals surface area (Å²) in [6.07, 6.45) is 4.95. The van der Waals surface area contributed by atoms with Gasteiger partial charge in [-0.15, -0.1) is 0 Å². The molecule has 0 aromatic carbocycles. The van der Waals surface area contributed by atoms with Crippen LogP contribution in [0.25, 0.3) is 0 Å². The summed E-state index contributed by atoms with van der Waals surface area (Å²) < 4.78 is 17.2. The van der Waals surface area contributed by atoms with E-state index in [1.807, 2.05) is 6.92 Å². The van der Waals surface area contributed by atoms with Gasteiger partial charge in [0.15, 0.2) is 12.4 Å². The number of rotatable bonds is 2. The number of hydrogen-bond donors (Lipinski definition) is 0. The molecule has 2 heterocycles. The second-order valence-electron chi connectivity index (χ2n) is 6.21. The van der Waals surface area contributed by atoms with Crippen molar-refractivity contribution in [1.29, 1.82) is 0 Å². The number of carbonyl (C=O) groups excluding carboxylic acids is 2. The summed E-state index contributed by atoms with van der Waals surface area (Å²) in [5.74, 6) is -0.280. The minimum absolute atomic E-state index is 0.233. The van der Waals surface area contributed by atoms with Gasteiger partial charge in [0.05, 0.1) is 18.2 Å². The van der Waals surface area contributed by atoms with Crippen LogP contribution in [0.15, 0.2) is 0 Å². The minimum atomic E-state index is -0.564. The summed E-state index contributed by atoms with van der Waals surface area (Å²) in [4.78, 5) is 24.7. The number of nitrogens with zero attached hydrogens (tertiary/aromatic N) is 1. The summed E-state index contributed by atoms with van der Waals surface area (Å²) in [5, 5.41) is 0. The molecule has 4 atom stereocenters. The molecular weight excluding hydrogens is 274 g/mol. The van der Waals surface area contributed by atoms with E-state index in [9.17, 15) is 9.59 Å². The Kier molecular flexibility index (Phi) is 4.17. The van der Waals surface area contributed by atoms with E-state index in [4.69, 9.17) is 14.2 Å². The SMILES string of the molecule is CC(=O)N1C(=O)O[C@H]2[C@H](C)O[C@H](OC3CCCCC3)C[C@H]21. The fraction of sp³-hybridized carbons (Fsp3) is 0.867. The van der Waals surface area contributed by atoms with Gasteiger partial charge in [-0.2, -0.15) is 0 Å². The lowest BCUT2D eigenvalue weighted by atomic mass is 9.96. The van der Waals surface area contributed by atoms with Crippen molar-refractivity contribution in [3.63, 3.8) is 0 Å². The van der Waals surface area contributed by atoms with Crippen LogP contribution in [0.5, 0.6) is 0 Å². The van der Waals surface area contributed by atoms with Gasteiger partial charge in [0.1, 0.15) is 0 Å². The van der Waals surface area contributed by atoms with Crippen molar-refractivity contribution in [2.75, 3.05) is 0 Å². The molecule has 3 fully saturated rings. The van der Waals surface area contributed by atoms with Crippen molar-refractivity contribution >= 4 is 12.0 Å². The molecule has 0 aromatic rings. The molecule has 2 saturated heterocycles. The van der Waals surface area contributed by atoms with Crippen molar-refractivity contribution in [2.24, 2.45) is 0 Å². The maximum absolute atomic E-state index is 11.8. The molecule has 118 valence electrons. The Balaban J connectivity index is 1.66. The minimum Gasteiger partial charge on any atom is -0.441 e. The Hall–Kier alpha value is -1.14. The first-order chi connectivity index (χ1) is 10.1. The molecule has 0 unspecified atom stereocenters. The highest BCUT2D eigenvalue weighted by molar-refractivity contribution is 5.92. The third-order valence-electron chi connectivity index (χ3n) is 4.64. The van der Waals surface area contributed by atoms with E-state index in [0.29, 0.717) is 6.42 Å². The molecule has 1 aliphatic carbocycles. The molecule has 0 radical (unpaired) electrons. The number of carbonyl (C=O) groups is 2. The molecule has 0 spiro atoms. The lowest BCUT2D eigenvalue weighted by Gasteiger charge is -2.38. The zero-order valence-electron chi connectivity index (χ0n) is 12.6. The van der Waals surface area contributed by atoms with Crippen LogP contribution in [-0.2, 0) is 19.0 Å². The summed E-state index contributed by atoms with van der Waals surface area (Å²) >= 11 is 0.